The van der Waals surface area contributed by atoms with Crippen LogP contribution < -0.4 is 5.32 Å². The van der Waals surface area contributed by atoms with Gasteiger partial charge in [0.15, 0.2) is 0 Å². The zero-order valence-corrected chi connectivity index (χ0v) is 9.41. The molecule has 1 saturated carbocycles. The summed E-state index contributed by atoms with van der Waals surface area (Å²) >= 11 is 0. The largest absolute Gasteiger partial charge is 0.381 e. The van der Waals surface area contributed by atoms with Gasteiger partial charge in [0, 0.05) is 27.2 Å². The Morgan fingerprint density at radius 1 is 1.50 bits per heavy atom. The van der Waals surface area contributed by atoms with E-state index in [-0.39, 0.29) is 11.9 Å². The minimum Gasteiger partial charge on any atom is -0.381 e. The molecule has 0 aliphatic heterocycles. The van der Waals surface area contributed by atoms with E-state index in [0.717, 1.165) is 12.8 Å². The van der Waals surface area contributed by atoms with Gasteiger partial charge in [0.1, 0.15) is 0 Å². The molecule has 0 aromatic heterocycles. The molecule has 1 atom stereocenters. The fourth-order valence-corrected chi connectivity index (χ4v) is 1.71. The molecule has 0 aromatic carbocycles. The Balaban J connectivity index is 2.22. The van der Waals surface area contributed by atoms with E-state index in [1.54, 1.807) is 26.1 Å². The van der Waals surface area contributed by atoms with Crippen LogP contribution >= 0.6 is 0 Å². The molecule has 0 bridgehead atoms. The molecule has 1 N–H and O–H groups in total. The lowest BCUT2D eigenvalue weighted by molar-refractivity contribution is -0.131. The maximum absolute atomic E-state index is 11.5. The van der Waals surface area contributed by atoms with Crippen LogP contribution in [-0.4, -0.2) is 50.2 Å². The molecule has 0 saturated heterocycles. The zero-order chi connectivity index (χ0) is 10.7. The summed E-state index contributed by atoms with van der Waals surface area (Å²) < 4.78 is 5.17. The molecule has 4 heteroatoms. The van der Waals surface area contributed by atoms with Crippen molar-refractivity contribution in [2.24, 2.45) is 0 Å². The van der Waals surface area contributed by atoms with Crippen LogP contribution in [0.15, 0.2) is 0 Å². The molecule has 0 aromatic rings. The number of likely N-dealkylation sites (N-methyl/N-ethyl adjacent to an activating group) is 1. The third kappa shape index (κ3) is 2.69. The first-order valence-corrected chi connectivity index (χ1v) is 5.04. The Bertz CT molecular complexity index is 200. The second-order valence-electron chi connectivity index (χ2n) is 4.15. The Hall–Kier alpha value is -0.610. The van der Waals surface area contributed by atoms with Crippen molar-refractivity contribution < 1.29 is 9.53 Å². The maximum atomic E-state index is 11.5. The Kier molecular flexibility index (Phi) is 3.89. The van der Waals surface area contributed by atoms with Gasteiger partial charge < -0.3 is 15.0 Å². The summed E-state index contributed by atoms with van der Waals surface area (Å²) in [7, 11) is 5.29. The molecule has 14 heavy (non-hydrogen) atoms. The molecule has 0 radical (unpaired) electrons. The molecule has 4 nitrogen and oxygen atoms in total. The highest BCUT2D eigenvalue weighted by atomic mass is 16.5. The van der Waals surface area contributed by atoms with Crippen molar-refractivity contribution in [3.05, 3.63) is 0 Å². The van der Waals surface area contributed by atoms with E-state index in [0.29, 0.717) is 12.1 Å². The fourth-order valence-electron chi connectivity index (χ4n) is 1.71. The molecule has 0 spiro atoms. The summed E-state index contributed by atoms with van der Waals surface area (Å²) in [6.07, 6.45) is 2.41. The average Bonchev–Trinajstić information content (AvgIpc) is 2.08. The van der Waals surface area contributed by atoms with Gasteiger partial charge >= 0.3 is 0 Å². The van der Waals surface area contributed by atoms with Crippen molar-refractivity contribution in [3.63, 3.8) is 0 Å². The van der Waals surface area contributed by atoms with Crippen LogP contribution in [0.5, 0.6) is 0 Å². The van der Waals surface area contributed by atoms with Crippen LogP contribution in [-0.2, 0) is 9.53 Å². The van der Waals surface area contributed by atoms with E-state index in [1.165, 1.54) is 0 Å². The summed E-state index contributed by atoms with van der Waals surface area (Å²) in [5.74, 6) is 0.130. The third-order valence-electron chi connectivity index (χ3n) is 2.73. The Morgan fingerprint density at radius 3 is 2.50 bits per heavy atom. The molecule has 1 aliphatic rings. The number of hydrogen-bond acceptors (Lipinski definition) is 3. The van der Waals surface area contributed by atoms with Crippen molar-refractivity contribution in [1.82, 2.24) is 10.2 Å². The van der Waals surface area contributed by atoms with E-state index in [9.17, 15) is 4.79 Å². The summed E-state index contributed by atoms with van der Waals surface area (Å²) in [6, 6.07) is 0.353. The lowest BCUT2D eigenvalue weighted by atomic mass is 9.88. The fraction of sp³-hybridized carbons (Fsp3) is 0.900. The average molecular weight is 200 g/mol. The lowest BCUT2D eigenvalue weighted by Crippen LogP contribution is -2.52. The van der Waals surface area contributed by atoms with Crippen molar-refractivity contribution in [2.45, 2.75) is 38.0 Å². The van der Waals surface area contributed by atoms with Gasteiger partial charge in [0.25, 0.3) is 0 Å². The number of rotatable bonds is 4. The Labute approximate surface area is 85.6 Å². The quantitative estimate of drug-likeness (QED) is 0.706. The number of nitrogens with zero attached hydrogens (tertiary/aromatic N) is 1. The van der Waals surface area contributed by atoms with E-state index in [1.807, 2.05) is 6.92 Å². The van der Waals surface area contributed by atoms with Gasteiger partial charge in [-0.05, 0) is 19.8 Å². The summed E-state index contributed by atoms with van der Waals surface area (Å²) in [5, 5.41) is 3.29. The topological polar surface area (TPSA) is 41.6 Å². The highest BCUT2D eigenvalue weighted by Crippen LogP contribution is 2.22. The van der Waals surface area contributed by atoms with Crippen molar-refractivity contribution >= 4 is 5.91 Å². The monoisotopic (exact) mass is 200 g/mol. The molecule has 1 rings (SSSR count). The van der Waals surface area contributed by atoms with Gasteiger partial charge in [-0.15, -0.1) is 0 Å². The van der Waals surface area contributed by atoms with Crippen LogP contribution in [0.2, 0.25) is 0 Å². The first kappa shape index (κ1) is 11.5. The number of methoxy groups -OCH3 is 1. The van der Waals surface area contributed by atoms with Crippen molar-refractivity contribution in [3.8, 4) is 0 Å². The van der Waals surface area contributed by atoms with Gasteiger partial charge in [-0.25, -0.2) is 0 Å². The standard InChI is InChI=1S/C10H20N2O2/c1-7(10(13)12(2)3)11-8-5-9(6-8)14-4/h7-9,11H,5-6H2,1-4H3. The minimum atomic E-state index is -0.0900. The molecular formula is C10H20N2O2. The summed E-state index contributed by atoms with van der Waals surface area (Å²) in [4.78, 5) is 13.1. The van der Waals surface area contributed by atoms with Crippen molar-refractivity contribution in [1.29, 1.82) is 0 Å². The normalized spacial score (nSPS) is 28.0. The van der Waals surface area contributed by atoms with Crippen LogP contribution in [0.4, 0.5) is 0 Å². The first-order chi connectivity index (χ1) is 6.54. The van der Waals surface area contributed by atoms with Gasteiger partial charge in [0.2, 0.25) is 5.91 Å². The van der Waals surface area contributed by atoms with Crippen LogP contribution in [0.3, 0.4) is 0 Å². The van der Waals surface area contributed by atoms with Crippen molar-refractivity contribution in [2.75, 3.05) is 21.2 Å². The number of carbonyl (C=O) groups excluding carboxylic acids is 1. The minimum absolute atomic E-state index is 0.0900. The van der Waals surface area contributed by atoms with Crippen LogP contribution in [0.25, 0.3) is 0 Å². The molecule has 1 unspecified atom stereocenters. The molecule has 1 fully saturated rings. The molecule has 1 amide bonds. The SMILES string of the molecule is COC1CC(NC(C)C(=O)N(C)C)C1. The smallest absolute Gasteiger partial charge is 0.238 e. The number of nitrogens with one attached hydrogen (secondary N) is 1. The molecule has 0 heterocycles. The lowest BCUT2D eigenvalue weighted by Gasteiger charge is -2.36. The first-order valence-electron chi connectivity index (χ1n) is 5.04. The van der Waals surface area contributed by atoms with E-state index < -0.39 is 0 Å². The molecule has 82 valence electrons. The van der Waals surface area contributed by atoms with Gasteiger partial charge in [0.05, 0.1) is 12.1 Å². The molecule has 1 aliphatic carbocycles. The highest BCUT2D eigenvalue weighted by molar-refractivity contribution is 5.80. The zero-order valence-electron chi connectivity index (χ0n) is 9.41. The van der Waals surface area contributed by atoms with E-state index >= 15 is 0 Å². The van der Waals surface area contributed by atoms with Gasteiger partial charge in [-0.1, -0.05) is 0 Å². The third-order valence-corrected chi connectivity index (χ3v) is 2.73. The number of amides is 1. The number of ether oxygens (including phenoxy) is 1. The van der Waals surface area contributed by atoms with E-state index in [4.69, 9.17) is 4.74 Å². The summed E-state index contributed by atoms with van der Waals surface area (Å²) in [6.45, 7) is 1.91. The second-order valence-corrected chi connectivity index (χ2v) is 4.15. The van der Waals surface area contributed by atoms with Gasteiger partial charge in [-0.3, -0.25) is 4.79 Å². The predicted octanol–water partition coefficient (Wildman–Crippen LogP) is 0.230. The van der Waals surface area contributed by atoms with Crippen LogP contribution in [0.1, 0.15) is 19.8 Å². The van der Waals surface area contributed by atoms with Gasteiger partial charge in [-0.2, -0.15) is 0 Å². The highest BCUT2D eigenvalue weighted by Gasteiger charge is 2.31. The summed E-state index contributed by atoms with van der Waals surface area (Å²) in [5.41, 5.74) is 0. The van der Waals surface area contributed by atoms with E-state index in [2.05, 4.69) is 5.32 Å². The molecular weight excluding hydrogens is 180 g/mol. The maximum Gasteiger partial charge on any atom is 0.238 e. The Morgan fingerprint density at radius 2 is 2.07 bits per heavy atom. The number of carbonyl (C=O) groups is 1. The second kappa shape index (κ2) is 4.75. The number of hydrogen-bond donors (Lipinski definition) is 1. The predicted molar refractivity (Wildman–Crippen MR) is 55.1 cm³/mol. The van der Waals surface area contributed by atoms with Crippen LogP contribution in [0, 0.1) is 0 Å².